The van der Waals surface area contributed by atoms with Gasteiger partial charge in [-0.15, -0.1) is 0 Å². The Labute approximate surface area is 91.5 Å². The Hall–Kier alpha value is -1.18. The smallest absolute Gasteiger partial charge is 0.117 e. The van der Waals surface area contributed by atoms with E-state index in [1.165, 1.54) is 11.3 Å². The quantitative estimate of drug-likeness (QED) is 0.703. The summed E-state index contributed by atoms with van der Waals surface area (Å²) in [5.74, 6) is 0.914. The summed E-state index contributed by atoms with van der Waals surface area (Å²) in [6.45, 7) is 6.75. The van der Waals surface area contributed by atoms with E-state index in [9.17, 15) is 5.11 Å². The number of fused-ring (bicyclic) bond motifs is 1. The molecule has 0 aliphatic carbocycles. The van der Waals surface area contributed by atoms with Crippen LogP contribution in [0.1, 0.15) is 38.7 Å². The van der Waals surface area contributed by atoms with Gasteiger partial charge in [-0.25, -0.2) is 0 Å². The van der Waals surface area contributed by atoms with Gasteiger partial charge in [0.1, 0.15) is 5.75 Å². The van der Waals surface area contributed by atoms with Crippen molar-refractivity contribution in [2.24, 2.45) is 0 Å². The summed E-state index contributed by atoms with van der Waals surface area (Å²) >= 11 is 0. The molecule has 0 fully saturated rings. The van der Waals surface area contributed by atoms with Crippen LogP contribution in [0.2, 0.25) is 0 Å². The Kier molecular flexibility index (Phi) is 2.18. The fourth-order valence-electron chi connectivity index (χ4n) is 2.56. The Bertz CT molecular complexity index is 384. The Morgan fingerprint density at radius 3 is 2.73 bits per heavy atom. The van der Waals surface area contributed by atoms with Crippen molar-refractivity contribution >= 4 is 5.69 Å². The van der Waals surface area contributed by atoms with Crippen LogP contribution in [0.4, 0.5) is 5.69 Å². The van der Waals surface area contributed by atoms with Crippen molar-refractivity contribution in [3.05, 3.63) is 23.8 Å². The molecule has 2 rings (SSSR count). The molecule has 0 amide bonds. The lowest BCUT2D eigenvalue weighted by Crippen LogP contribution is -2.45. The maximum atomic E-state index is 9.54. The Morgan fingerprint density at radius 1 is 1.40 bits per heavy atom. The fraction of sp³-hybridized carbons (Fsp3) is 0.538. The summed E-state index contributed by atoms with van der Waals surface area (Å²) in [7, 11) is 2.10. The number of anilines is 1. The van der Waals surface area contributed by atoms with E-state index in [0.29, 0.717) is 11.7 Å². The summed E-state index contributed by atoms with van der Waals surface area (Å²) in [6, 6.07) is 5.69. The summed E-state index contributed by atoms with van der Waals surface area (Å²) in [4.78, 5) is 2.27. The topological polar surface area (TPSA) is 23.5 Å². The number of benzene rings is 1. The minimum atomic E-state index is 0.167. The first-order valence-electron chi connectivity index (χ1n) is 5.48. The molecular formula is C13H19NO. The molecule has 2 heteroatoms. The average Bonchev–Trinajstić information content (AvgIpc) is 2.13. The van der Waals surface area contributed by atoms with Crippen molar-refractivity contribution in [2.45, 2.75) is 38.6 Å². The average molecular weight is 205 g/mol. The molecule has 1 heterocycles. The van der Waals surface area contributed by atoms with Gasteiger partial charge >= 0.3 is 0 Å². The van der Waals surface area contributed by atoms with E-state index in [1.54, 1.807) is 6.07 Å². The minimum Gasteiger partial charge on any atom is -0.508 e. The standard InChI is InChI=1S/C13H19NO/c1-9-8-13(2,3)14(4)12-7-10(15)5-6-11(9)12/h5-7,9,15H,8H2,1-4H3/t9-/m1/s1. The van der Waals surface area contributed by atoms with Gasteiger partial charge in [-0.05, 0) is 37.8 Å². The molecule has 0 bridgehead atoms. The van der Waals surface area contributed by atoms with Crippen LogP contribution in [0.15, 0.2) is 18.2 Å². The zero-order chi connectivity index (χ0) is 11.2. The number of rotatable bonds is 0. The van der Waals surface area contributed by atoms with Gasteiger partial charge in [0.05, 0.1) is 0 Å². The molecule has 1 aliphatic heterocycles. The second kappa shape index (κ2) is 3.16. The molecule has 1 atom stereocenters. The summed E-state index contributed by atoms with van der Waals surface area (Å²) in [5.41, 5.74) is 2.67. The molecule has 0 saturated heterocycles. The van der Waals surface area contributed by atoms with E-state index >= 15 is 0 Å². The van der Waals surface area contributed by atoms with E-state index < -0.39 is 0 Å². The highest BCUT2D eigenvalue weighted by molar-refractivity contribution is 5.61. The van der Waals surface area contributed by atoms with Crippen LogP contribution in [-0.4, -0.2) is 17.7 Å². The van der Waals surface area contributed by atoms with Crippen LogP contribution in [-0.2, 0) is 0 Å². The van der Waals surface area contributed by atoms with Crippen LogP contribution >= 0.6 is 0 Å². The van der Waals surface area contributed by atoms with Crippen molar-refractivity contribution in [1.82, 2.24) is 0 Å². The molecule has 0 unspecified atom stereocenters. The lowest BCUT2D eigenvalue weighted by Gasteiger charge is -2.45. The van der Waals surface area contributed by atoms with Crippen LogP contribution < -0.4 is 4.90 Å². The van der Waals surface area contributed by atoms with Crippen molar-refractivity contribution in [3.63, 3.8) is 0 Å². The van der Waals surface area contributed by atoms with Crippen LogP contribution in [0.3, 0.4) is 0 Å². The molecule has 1 aromatic carbocycles. The normalized spacial score (nSPS) is 23.7. The van der Waals surface area contributed by atoms with Crippen molar-refractivity contribution in [3.8, 4) is 5.75 Å². The highest BCUT2D eigenvalue weighted by Gasteiger charge is 2.33. The number of phenolic OH excluding ortho intramolecular Hbond substituents is 1. The lowest BCUT2D eigenvalue weighted by molar-refractivity contribution is 0.393. The zero-order valence-electron chi connectivity index (χ0n) is 9.91. The predicted molar refractivity (Wildman–Crippen MR) is 63.6 cm³/mol. The Balaban J connectivity index is 2.55. The molecule has 0 spiro atoms. The molecule has 0 saturated carbocycles. The van der Waals surface area contributed by atoms with Gasteiger partial charge < -0.3 is 10.0 Å². The van der Waals surface area contributed by atoms with Crippen molar-refractivity contribution < 1.29 is 5.11 Å². The van der Waals surface area contributed by atoms with Gasteiger partial charge in [-0.2, -0.15) is 0 Å². The maximum Gasteiger partial charge on any atom is 0.117 e. The van der Waals surface area contributed by atoms with Crippen LogP contribution in [0, 0.1) is 0 Å². The number of aromatic hydroxyl groups is 1. The largest absolute Gasteiger partial charge is 0.508 e. The van der Waals surface area contributed by atoms with E-state index in [0.717, 1.165) is 6.42 Å². The highest BCUT2D eigenvalue weighted by Crippen LogP contribution is 2.43. The number of hydrogen-bond donors (Lipinski definition) is 1. The minimum absolute atomic E-state index is 0.167. The summed E-state index contributed by atoms with van der Waals surface area (Å²) < 4.78 is 0. The number of hydrogen-bond acceptors (Lipinski definition) is 2. The van der Waals surface area contributed by atoms with E-state index in [-0.39, 0.29) is 5.54 Å². The molecule has 1 N–H and O–H groups in total. The van der Waals surface area contributed by atoms with Gasteiger partial charge in [0.2, 0.25) is 0 Å². The second-order valence-electron chi connectivity index (χ2n) is 5.22. The van der Waals surface area contributed by atoms with Gasteiger partial charge in [0, 0.05) is 24.3 Å². The number of nitrogens with zero attached hydrogens (tertiary/aromatic N) is 1. The van der Waals surface area contributed by atoms with Gasteiger partial charge in [0.25, 0.3) is 0 Å². The molecule has 0 radical (unpaired) electrons. The van der Waals surface area contributed by atoms with Gasteiger partial charge in [-0.1, -0.05) is 13.0 Å². The SMILES string of the molecule is C[C@@H]1CC(C)(C)N(C)c2cc(O)ccc21. The van der Waals surface area contributed by atoms with E-state index in [1.807, 2.05) is 12.1 Å². The third kappa shape index (κ3) is 1.58. The van der Waals surface area contributed by atoms with Crippen LogP contribution in [0.25, 0.3) is 0 Å². The van der Waals surface area contributed by atoms with Crippen LogP contribution in [0.5, 0.6) is 5.75 Å². The second-order valence-corrected chi connectivity index (χ2v) is 5.22. The fourth-order valence-corrected chi connectivity index (χ4v) is 2.56. The summed E-state index contributed by atoms with van der Waals surface area (Å²) in [6.07, 6.45) is 1.15. The molecule has 1 aromatic rings. The maximum absolute atomic E-state index is 9.54. The highest BCUT2D eigenvalue weighted by atomic mass is 16.3. The van der Waals surface area contributed by atoms with Crippen molar-refractivity contribution in [2.75, 3.05) is 11.9 Å². The molecule has 15 heavy (non-hydrogen) atoms. The number of phenols is 1. The van der Waals surface area contributed by atoms with Gasteiger partial charge in [-0.3, -0.25) is 0 Å². The molecule has 1 aliphatic rings. The van der Waals surface area contributed by atoms with E-state index in [4.69, 9.17) is 0 Å². The first-order valence-corrected chi connectivity index (χ1v) is 5.48. The molecular weight excluding hydrogens is 186 g/mol. The first-order chi connectivity index (χ1) is 6.92. The summed E-state index contributed by atoms with van der Waals surface area (Å²) in [5, 5.41) is 9.54. The van der Waals surface area contributed by atoms with Gasteiger partial charge in [0.15, 0.2) is 0 Å². The molecule has 0 aromatic heterocycles. The van der Waals surface area contributed by atoms with E-state index in [2.05, 4.69) is 32.7 Å². The molecule has 2 nitrogen and oxygen atoms in total. The third-order valence-corrected chi connectivity index (χ3v) is 3.62. The Morgan fingerprint density at radius 2 is 2.07 bits per heavy atom. The zero-order valence-corrected chi connectivity index (χ0v) is 9.91. The third-order valence-electron chi connectivity index (χ3n) is 3.62. The predicted octanol–water partition coefficient (Wildman–Crippen LogP) is 3.11. The first kappa shape index (κ1) is 10.3. The monoisotopic (exact) mass is 205 g/mol. The van der Waals surface area contributed by atoms with Crippen molar-refractivity contribution in [1.29, 1.82) is 0 Å². The lowest BCUT2D eigenvalue weighted by atomic mass is 9.80. The molecule has 82 valence electrons.